The van der Waals surface area contributed by atoms with E-state index in [1.807, 2.05) is 0 Å². The Labute approximate surface area is 156 Å². The number of hydrogen-bond donors (Lipinski definition) is 2. The van der Waals surface area contributed by atoms with E-state index in [9.17, 15) is 13.2 Å². The molecule has 0 radical (unpaired) electrons. The first-order valence-corrected chi connectivity index (χ1v) is 11.1. The largest absolute Gasteiger partial charge is 0.349 e. The first-order valence-electron chi connectivity index (χ1n) is 9.66. The number of sulfonamides is 1. The highest BCUT2D eigenvalue weighted by atomic mass is 32.2. The summed E-state index contributed by atoms with van der Waals surface area (Å²) in [5, 5.41) is 3.22. The number of hydrogen-bond acceptors (Lipinski definition) is 3. The second-order valence-corrected chi connectivity index (χ2v) is 10.6. The molecule has 0 spiro atoms. The van der Waals surface area contributed by atoms with Crippen LogP contribution in [0.2, 0.25) is 0 Å². The number of amides is 1. The second kappa shape index (κ2) is 6.34. The van der Waals surface area contributed by atoms with Crippen molar-refractivity contribution in [3.63, 3.8) is 0 Å². The molecule has 1 aromatic carbocycles. The van der Waals surface area contributed by atoms with Crippen molar-refractivity contribution in [3.8, 4) is 0 Å². The molecule has 0 aliphatic heterocycles. The number of nitrogens with one attached hydrogen (secondary N) is 2. The van der Waals surface area contributed by atoms with Gasteiger partial charge in [-0.05, 0) is 99.9 Å². The smallest absolute Gasteiger partial charge is 0.251 e. The Bertz CT molecular complexity index is 766. The van der Waals surface area contributed by atoms with Gasteiger partial charge in [-0.2, -0.15) is 0 Å². The summed E-state index contributed by atoms with van der Waals surface area (Å²) in [5.41, 5.74) is 0.774. The maximum absolute atomic E-state index is 12.7. The van der Waals surface area contributed by atoms with Crippen molar-refractivity contribution in [3.05, 3.63) is 29.8 Å². The van der Waals surface area contributed by atoms with Gasteiger partial charge in [-0.15, -0.1) is 0 Å². The molecule has 4 aliphatic carbocycles. The second-order valence-electron chi connectivity index (χ2n) is 8.71. The van der Waals surface area contributed by atoms with Crippen molar-refractivity contribution in [1.82, 2.24) is 10.0 Å². The van der Waals surface area contributed by atoms with Crippen LogP contribution in [0.4, 0.5) is 0 Å². The number of carbonyl (C=O) groups is 1. The topological polar surface area (TPSA) is 75.3 Å². The monoisotopic (exact) mass is 376 g/mol. The maximum atomic E-state index is 12.7. The Hall–Kier alpha value is -1.40. The minimum Gasteiger partial charge on any atom is -0.349 e. The first kappa shape index (κ1) is 18.0. The van der Waals surface area contributed by atoms with Crippen LogP contribution in [0.25, 0.3) is 0 Å². The molecule has 1 atom stereocenters. The lowest BCUT2D eigenvalue weighted by Crippen LogP contribution is -2.55. The van der Waals surface area contributed by atoms with E-state index >= 15 is 0 Å². The zero-order chi connectivity index (χ0) is 18.5. The Morgan fingerprint density at radius 2 is 1.54 bits per heavy atom. The first-order chi connectivity index (χ1) is 12.3. The lowest BCUT2D eigenvalue weighted by Gasteiger charge is -2.59. The van der Waals surface area contributed by atoms with Gasteiger partial charge in [-0.1, -0.05) is 0 Å². The zero-order valence-corrected chi connectivity index (χ0v) is 16.3. The minimum absolute atomic E-state index is 0.110. The standard InChI is InChI=1S/C20H28N2O3S/c1-13(20-10-14-7-15(11-20)9-16(8-14)12-20)22-19(23)17-3-5-18(6-4-17)26(24,25)21-2/h3-6,13-16,21H,7-12H2,1-2H3,(H,22,23). The molecule has 5 nitrogen and oxygen atoms in total. The Morgan fingerprint density at radius 1 is 1.04 bits per heavy atom. The van der Waals surface area contributed by atoms with Crippen LogP contribution < -0.4 is 10.0 Å². The lowest BCUT2D eigenvalue weighted by atomic mass is 9.48. The van der Waals surface area contributed by atoms with Gasteiger partial charge in [0.25, 0.3) is 5.91 Å². The molecule has 4 aliphatic rings. The highest BCUT2D eigenvalue weighted by Crippen LogP contribution is 2.61. The van der Waals surface area contributed by atoms with Crippen LogP contribution in [0.1, 0.15) is 55.8 Å². The average molecular weight is 377 g/mol. The van der Waals surface area contributed by atoms with Crippen LogP contribution in [0, 0.1) is 23.2 Å². The van der Waals surface area contributed by atoms with E-state index in [1.54, 1.807) is 12.1 Å². The molecular weight excluding hydrogens is 348 g/mol. The lowest BCUT2D eigenvalue weighted by molar-refractivity contribution is -0.0688. The van der Waals surface area contributed by atoms with E-state index in [0.717, 1.165) is 17.8 Å². The molecule has 5 rings (SSSR count). The van der Waals surface area contributed by atoms with E-state index < -0.39 is 10.0 Å². The summed E-state index contributed by atoms with van der Waals surface area (Å²) in [6.45, 7) is 2.16. The molecule has 1 unspecified atom stereocenters. The summed E-state index contributed by atoms with van der Waals surface area (Å²) >= 11 is 0. The average Bonchev–Trinajstić information content (AvgIpc) is 2.60. The molecule has 26 heavy (non-hydrogen) atoms. The summed E-state index contributed by atoms with van der Waals surface area (Å²) in [6.07, 6.45) is 7.92. The predicted molar refractivity (Wildman–Crippen MR) is 100 cm³/mol. The number of carbonyl (C=O) groups excluding carboxylic acids is 1. The van der Waals surface area contributed by atoms with Crippen molar-refractivity contribution in [2.24, 2.45) is 23.2 Å². The Kier molecular flexibility index (Phi) is 4.39. The van der Waals surface area contributed by atoms with Gasteiger partial charge >= 0.3 is 0 Å². The van der Waals surface area contributed by atoms with E-state index in [1.165, 1.54) is 57.7 Å². The maximum Gasteiger partial charge on any atom is 0.251 e. The van der Waals surface area contributed by atoms with E-state index in [2.05, 4.69) is 17.0 Å². The molecule has 2 N–H and O–H groups in total. The fourth-order valence-electron chi connectivity index (χ4n) is 6.04. The third-order valence-electron chi connectivity index (χ3n) is 7.05. The number of rotatable bonds is 5. The van der Waals surface area contributed by atoms with Gasteiger partial charge < -0.3 is 5.32 Å². The third kappa shape index (κ3) is 3.07. The van der Waals surface area contributed by atoms with Gasteiger partial charge in [0, 0.05) is 11.6 Å². The molecule has 4 saturated carbocycles. The summed E-state index contributed by atoms with van der Waals surface area (Å²) < 4.78 is 25.9. The van der Waals surface area contributed by atoms with Crippen molar-refractivity contribution in [1.29, 1.82) is 0 Å². The van der Waals surface area contributed by atoms with Gasteiger partial charge in [0.15, 0.2) is 0 Å². The zero-order valence-electron chi connectivity index (χ0n) is 15.5. The number of benzene rings is 1. The Morgan fingerprint density at radius 3 is 2.00 bits per heavy atom. The molecule has 4 fully saturated rings. The quantitative estimate of drug-likeness (QED) is 0.830. The van der Waals surface area contributed by atoms with E-state index in [0.29, 0.717) is 5.56 Å². The van der Waals surface area contributed by atoms with Crippen molar-refractivity contribution < 1.29 is 13.2 Å². The molecule has 6 heteroatoms. The normalized spacial score (nSPS) is 33.8. The van der Waals surface area contributed by atoms with Gasteiger partial charge in [0.1, 0.15) is 0 Å². The van der Waals surface area contributed by atoms with Crippen LogP contribution in [0.15, 0.2) is 29.2 Å². The van der Waals surface area contributed by atoms with Gasteiger partial charge in [-0.25, -0.2) is 13.1 Å². The molecule has 4 bridgehead atoms. The molecule has 142 valence electrons. The summed E-state index contributed by atoms with van der Waals surface area (Å²) in [6, 6.07) is 6.30. The predicted octanol–water partition coefficient (Wildman–Crippen LogP) is 2.93. The van der Waals surface area contributed by atoms with Crippen LogP contribution >= 0.6 is 0 Å². The van der Waals surface area contributed by atoms with Crippen LogP contribution in [-0.2, 0) is 10.0 Å². The Balaban J connectivity index is 1.46. The van der Waals surface area contributed by atoms with E-state index in [-0.39, 0.29) is 22.3 Å². The van der Waals surface area contributed by atoms with Crippen molar-refractivity contribution in [2.75, 3.05) is 7.05 Å². The van der Waals surface area contributed by atoms with Crippen LogP contribution in [0.3, 0.4) is 0 Å². The van der Waals surface area contributed by atoms with E-state index in [4.69, 9.17) is 0 Å². The van der Waals surface area contributed by atoms with Gasteiger partial charge in [0.2, 0.25) is 10.0 Å². The summed E-state index contributed by atoms with van der Waals surface area (Å²) in [4.78, 5) is 12.9. The third-order valence-corrected chi connectivity index (χ3v) is 8.48. The van der Waals surface area contributed by atoms with Crippen molar-refractivity contribution in [2.45, 2.75) is 56.4 Å². The van der Waals surface area contributed by atoms with Gasteiger partial charge in [-0.3, -0.25) is 4.79 Å². The fourth-order valence-corrected chi connectivity index (χ4v) is 6.77. The van der Waals surface area contributed by atoms with Crippen LogP contribution in [-0.4, -0.2) is 27.4 Å². The van der Waals surface area contributed by atoms with Crippen molar-refractivity contribution >= 4 is 15.9 Å². The highest BCUT2D eigenvalue weighted by molar-refractivity contribution is 7.89. The molecule has 1 amide bonds. The summed E-state index contributed by atoms with van der Waals surface area (Å²) in [5.74, 6) is 2.45. The minimum atomic E-state index is -3.48. The fraction of sp³-hybridized carbons (Fsp3) is 0.650. The molecule has 1 aromatic rings. The van der Waals surface area contributed by atoms with Crippen LogP contribution in [0.5, 0.6) is 0 Å². The summed E-state index contributed by atoms with van der Waals surface area (Å²) in [7, 11) is -2.10. The molecular formula is C20H28N2O3S. The highest BCUT2D eigenvalue weighted by Gasteiger charge is 2.53. The molecule has 0 saturated heterocycles. The van der Waals surface area contributed by atoms with Gasteiger partial charge in [0.05, 0.1) is 4.90 Å². The molecule has 0 aromatic heterocycles. The molecule has 0 heterocycles. The SMILES string of the molecule is CNS(=O)(=O)c1ccc(C(=O)NC(C)C23CC4CC(CC(C4)C2)C3)cc1.